The standard InChI is InChI=1S/C15H7BBrFO4/c16-10-11(17)15-9(13(20)14(10)21)8(5-22-15)12(19)6-1-3-7(18)4-2-6/h1-5H,16H2. The van der Waals surface area contributed by atoms with Crippen LogP contribution < -0.4 is 0 Å². The number of hydrogen-bond donors (Lipinski definition) is 0. The van der Waals surface area contributed by atoms with Crippen LogP contribution in [0.2, 0.25) is 0 Å². The molecule has 0 bridgehead atoms. The SMILES string of the molecule is BC1=C(Br)c2occ(C(=O)c3ccc(F)cc3)c2C(=O)C1=O. The normalized spacial score (nSPS) is 14.3. The van der Waals surface area contributed by atoms with Crippen molar-refractivity contribution in [2.75, 3.05) is 0 Å². The second-order valence-corrected chi connectivity index (χ2v) is 5.58. The van der Waals surface area contributed by atoms with Gasteiger partial charge in [-0.15, -0.1) is 0 Å². The molecule has 4 nitrogen and oxygen atoms in total. The van der Waals surface area contributed by atoms with Gasteiger partial charge in [-0.25, -0.2) is 4.39 Å². The Balaban J connectivity index is 2.14. The molecule has 0 aliphatic heterocycles. The molecule has 0 saturated heterocycles. The second-order valence-electron chi connectivity index (χ2n) is 4.79. The number of ketones is 3. The molecule has 0 amide bonds. The Kier molecular flexibility index (Phi) is 3.45. The molecule has 0 N–H and O–H groups in total. The van der Waals surface area contributed by atoms with E-state index >= 15 is 0 Å². The predicted octanol–water partition coefficient (Wildman–Crippen LogP) is 2.11. The van der Waals surface area contributed by atoms with Gasteiger partial charge >= 0.3 is 0 Å². The van der Waals surface area contributed by atoms with Crippen LogP contribution in [-0.4, -0.2) is 25.2 Å². The third-order valence-electron chi connectivity index (χ3n) is 3.44. The molecular weight excluding hydrogens is 354 g/mol. The summed E-state index contributed by atoms with van der Waals surface area (Å²) in [6.07, 6.45) is 1.14. The molecule has 1 aromatic carbocycles. The van der Waals surface area contributed by atoms with Gasteiger partial charge in [0, 0.05) is 5.56 Å². The number of allylic oxidation sites excluding steroid dienone is 1. The third-order valence-corrected chi connectivity index (χ3v) is 4.40. The summed E-state index contributed by atoms with van der Waals surface area (Å²) in [6.45, 7) is 0. The summed E-state index contributed by atoms with van der Waals surface area (Å²) in [6, 6.07) is 4.91. The lowest BCUT2D eigenvalue weighted by Crippen LogP contribution is -2.24. The van der Waals surface area contributed by atoms with Gasteiger partial charge in [0.15, 0.2) is 11.5 Å². The monoisotopic (exact) mass is 360 g/mol. The first-order valence-electron chi connectivity index (χ1n) is 6.29. The highest BCUT2D eigenvalue weighted by Crippen LogP contribution is 2.36. The van der Waals surface area contributed by atoms with Crippen molar-refractivity contribution in [1.29, 1.82) is 0 Å². The Labute approximate surface area is 133 Å². The molecule has 1 aliphatic carbocycles. The average Bonchev–Trinajstić information content (AvgIpc) is 2.96. The van der Waals surface area contributed by atoms with Crippen molar-refractivity contribution in [2.45, 2.75) is 0 Å². The lowest BCUT2D eigenvalue weighted by Gasteiger charge is -2.11. The topological polar surface area (TPSA) is 64.3 Å². The van der Waals surface area contributed by atoms with Gasteiger partial charge in [0.2, 0.25) is 11.6 Å². The highest BCUT2D eigenvalue weighted by Gasteiger charge is 2.36. The Morgan fingerprint density at radius 3 is 2.41 bits per heavy atom. The third kappa shape index (κ3) is 2.09. The molecule has 1 aliphatic rings. The number of Topliss-reactive ketones (excluding diaryl/α,β-unsaturated/α-hetero) is 2. The molecule has 2 aromatic rings. The molecule has 0 saturated carbocycles. The number of furan rings is 1. The number of rotatable bonds is 2. The van der Waals surface area contributed by atoms with Crippen molar-refractivity contribution in [3.05, 3.63) is 64.3 Å². The maximum atomic E-state index is 12.9. The van der Waals surface area contributed by atoms with E-state index in [1.807, 2.05) is 0 Å². The fourth-order valence-corrected chi connectivity index (χ4v) is 2.69. The van der Waals surface area contributed by atoms with Crippen LogP contribution in [0.1, 0.15) is 32.0 Å². The minimum absolute atomic E-state index is 0.00981. The zero-order valence-corrected chi connectivity index (χ0v) is 12.9. The highest BCUT2D eigenvalue weighted by atomic mass is 79.9. The molecular formula is C15H7BBrFO4. The molecule has 3 rings (SSSR count). The maximum absolute atomic E-state index is 12.9. The second kappa shape index (κ2) is 5.17. The molecule has 108 valence electrons. The quantitative estimate of drug-likeness (QED) is 0.467. The molecule has 0 atom stereocenters. The summed E-state index contributed by atoms with van der Waals surface area (Å²) in [7, 11) is 1.50. The van der Waals surface area contributed by atoms with Crippen molar-refractivity contribution < 1.29 is 23.2 Å². The van der Waals surface area contributed by atoms with Crippen LogP contribution in [-0.2, 0) is 4.79 Å². The molecule has 22 heavy (non-hydrogen) atoms. The van der Waals surface area contributed by atoms with E-state index in [0.717, 1.165) is 18.4 Å². The zero-order valence-electron chi connectivity index (χ0n) is 11.3. The molecule has 0 fully saturated rings. The average molecular weight is 361 g/mol. The largest absolute Gasteiger partial charge is 0.462 e. The minimum Gasteiger partial charge on any atom is -0.462 e. The van der Waals surface area contributed by atoms with E-state index in [9.17, 15) is 18.8 Å². The van der Waals surface area contributed by atoms with Crippen LogP contribution in [0.15, 0.2) is 40.4 Å². The van der Waals surface area contributed by atoms with E-state index in [4.69, 9.17) is 4.42 Å². The summed E-state index contributed by atoms with van der Waals surface area (Å²) in [4.78, 5) is 36.5. The Morgan fingerprint density at radius 2 is 1.77 bits per heavy atom. The smallest absolute Gasteiger partial charge is 0.236 e. The van der Waals surface area contributed by atoms with E-state index in [0.29, 0.717) is 4.48 Å². The minimum atomic E-state index is -0.782. The first kappa shape index (κ1) is 14.7. The van der Waals surface area contributed by atoms with Gasteiger partial charge in [-0.1, -0.05) is 0 Å². The van der Waals surface area contributed by atoms with E-state index in [1.165, 1.54) is 20.0 Å². The fourth-order valence-electron chi connectivity index (χ4n) is 2.22. The van der Waals surface area contributed by atoms with Gasteiger partial charge in [-0.2, -0.15) is 0 Å². The number of carbonyl (C=O) groups is 3. The predicted molar refractivity (Wildman–Crippen MR) is 82.3 cm³/mol. The van der Waals surface area contributed by atoms with Gasteiger partial charge in [0.25, 0.3) is 0 Å². The summed E-state index contributed by atoms with van der Waals surface area (Å²) in [5.74, 6) is -2.29. The summed E-state index contributed by atoms with van der Waals surface area (Å²) in [5, 5.41) is 0. The lowest BCUT2D eigenvalue weighted by atomic mass is 9.81. The molecule has 1 aromatic heterocycles. The molecule has 0 spiro atoms. The van der Waals surface area contributed by atoms with Crippen molar-refractivity contribution in [3.8, 4) is 0 Å². The van der Waals surface area contributed by atoms with Crippen molar-refractivity contribution in [2.24, 2.45) is 0 Å². The molecule has 1 heterocycles. The lowest BCUT2D eigenvalue weighted by molar-refractivity contribution is -0.111. The van der Waals surface area contributed by atoms with E-state index in [1.54, 1.807) is 0 Å². The van der Waals surface area contributed by atoms with E-state index < -0.39 is 23.2 Å². The summed E-state index contributed by atoms with van der Waals surface area (Å²) >= 11 is 3.20. The van der Waals surface area contributed by atoms with Crippen LogP contribution >= 0.6 is 15.9 Å². The van der Waals surface area contributed by atoms with E-state index in [-0.39, 0.29) is 27.9 Å². The first-order chi connectivity index (χ1) is 10.4. The summed E-state index contributed by atoms with van der Waals surface area (Å²) in [5.41, 5.74) is 0.362. The van der Waals surface area contributed by atoms with Crippen LogP contribution in [0.3, 0.4) is 0 Å². The van der Waals surface area contributed by atoms with Gasteiger partial charge in [-0.05, 0) is 45.7 Å². The number of hydrogen-bond acceptors (Lipinski definition) is 4. The number of fused-ring (bicyclic) bond motifs is 1. The van der Waals surface area contributed by atoms with Crippen molar-refractivity contribution in [1.82, 2.24) is 0 Å². The van der Waals surface area contributed by atoms with Crippen molar-refractivity contribution >= 4 is 45.6 Å². The molecule has 0 unspecified atom stereocenters. The number of benzene rings is 1. The van der Waals surface area contributed by atoms with Gasteiger partial charge in [-0.3, -0.25) is 14.4 Å². The highest BCUT2D eigenvalue weighted by molar-refractivity contribution is 9.15. The van der Waals surface area contributed by atoms with Crippen LogP contribution in [0.4, 0.5) is 4.39 Å². The Morgan fingerprint density at radius 1 is 1.14 bits per heavy atom. The first-order valence-corrected chi connectivity index (χ1v) is 7.08. The maximum Gasteiger partial charge on any atom is 0.236 e. The van der Waals surface area contributed by atoms with Crippen LogP contribution in [0, 0.1) is 5.82 Å². The summed E-state index contributed by atoms with van der Waals surface area (Å²) < 4.78 is 18.6. The van der Waals surface area contributed by atoms with Crippen molar-refractivity contribution in [3.63, 3.8) is 0 Å². The molecule has 7 heteroatoms. The Bertz CT molecular complexity index is 864. The number of halogens is 2. The van der Waals surface area contributed by atoms with Gasteiger partial charge in [0.05, 0.1) is 15.6 Å². The van der Waals surface area contributed by atoms with Gasteiger partial charge in [0.1, 0.15) is 19.9 Å². The number of carbonyl (C=O) groups excluding carboxylic acids is 3. The molecule has 0 radical (unpaired) electrons. The zero-order chi connectivity index (χ0) is 16.0. The van der Waals surface area contributed by atoms with Gasteiger partial charge < -0.3 is 4.42 Å². The fraction of sp³-hybridized carbons (Fsp3) is 0. The van der Waals surface area contributed by atoms with Crippen LogP contribution in [0.25, 0.3) is 4.48 Å². The van der Waals surface area contributed by atoms with Crippen LogP contribution in [0.5, 0.6) is 0 Å². The Hall–Kier alpha value is -2.28. The van der Waals surface area contributed by atoms with E-state index in [2.05, 4.69) is 15.9 Å².